The van der Waals surface area contributed by atoms with E-state index in [0.29, 0.717) is 6.54 Å². The Kier molecular flexibility index (Phi) is 3.94. The summed E-state index contributed by atoms with van der Waals surface area (Å²) in [5, 5.41) is 21.7. The highest BCUT2D eigenvalue weighted by molar-refractivity contribution is 4.73. The van der Waals surface area contributed by atoms with Crippen molar-refractivity contribution in [3.05, 3.63) is 0 Å². The lowest BCUT2D eigenvalue weighted by molar-refractivity contribution is 0.00562. The molecule has 0 bridgehead atoms. The van der Waals surface area contributed by atoms with Gasteiger partial charge in [0, 0.05) is 32.7 Å². The minimum Gasteiger partial charge on any atom is -0.391 e. The molecule has 0 aromatic rings. The van der Waals surface area contributed by atoms with Gasteiger partial charge in [-0.3, -0.25) is 4.90 Å². The molecule has 1 heterocycles. The maximum absolute atomic E-state index is 9.37. The third kappa shape index (κ3) is 3.06. The average molecular weight is 174 g/mol. The molecule has 0 saturated carbocycles. The van der Waals surface area contributed by atoms with E-state index in [0.717, 1.165) is 26.2 Å². The second-order valence-corrected chi connectivity index (χ2v) is 3.36. The highest BCUT2D eigenvalue weighted by atomic mass is 16.3. The van der Waals surface area contributed by atoms with E-state index < -0.39 is 12.2 Å². The lowest BCUT2D eigenvalue weighted by Crippen LogP contribution is -2.48. The summed E-state index contributed by atoms with van der Waals surface area (Å²) in [6, 6.07) is 0. The molecule has 0 radical (unpaired) electrons. The first-order valence-electron chi connectivity index (χ1n) is 4.49. The third-order valence-electron chi connectivity index (χ3n) is 2.21. The molecule has 4 heteroatoms. The maximum Gasteiger partial charge on any atom is 0.0922 e. The average Bonchev–Trinajstić information content (AvgIpc) is 2.06. The lowest BCUT2D eigenvalue weighted by Gasteiger charge is -2.29. The van der Waals surface area contributed by atoms with Crippen LogP contribution in [-0.4, -0.2) is 60.0 Å². The van der Waals surface area contributed by atoms with Gasteiger partial charge in [0.2, 0.25) is 0 Å². The van der Waals surface area contributed by atoms with E-state index in [2.05, 4.69) is 10.2 Å². The van der Waals surface area contributed by atoms with Gasteiger partial charge < -0.3 is 15.5 Å². The van der Waals surface area contributed by atoms with Crippen molar-refractivity contribution < 1.29 is 10.2 Å². The minimum atomic E-state index is -0.625. The number of β-amino-alcohol motifs (C(OH)–C–C–N with tert-alkyl or cyclic N) is 1. The Bertz CT molecular complexity index is 124. The Labute approximate surface area is 73.2 Å². The normalized spacial score (nSPS) is 25.2. The molecule has 2 atom stereocenters. The Morgan fingerprint density at radius 1 is 1.33 bits per heavy atom. The van der Waals surface area contributed by atoms with Gasteiger partial charge in [-0.1, -0.05) is 0 Å². The molecular weight excluding hydrogens is 156 g/mol. The summed E-state index contributed by atoms with van der Waals surface area (Å²) in [6.45, 7) is 6.08. The summed E-state index contributed by atoms with van der Waals surface area (Å²) in [5.41, 5.74) is 0. The summed E-state index contributed by atoms with van der Waals surface area (Å²) < 4.78 is 0. The van der Waals surface area contributed by atoms with Crippen LogP contribution in [0.1, 0.15) is 6.92 Å². The molecule has 0 aliphatic carbocycles. The van der Waals surface area contributed by atoms with Gasteiger partial charge in [-0.25, -0.2) is 0 Å². The quantitative estimate of drug-likeness (QED) is 0.494. The number of aliphatic hydroxyl groups is 2. The highest BCUT2D eigenvalue weighted by Gasteiger charge is 2.17. The van der Waals surface area contributed by atoms with Crippen LogP contribution in [0.2, 0.25) is 0 Å². The van der Waals surface area contributed by atoms with Crippen LogP contribution in [0.4, 0.5) is 0 Å². The molecule has 0 aromatic heterocycles. The van der Waals surface area contributed by atoms with Gasteiger partial charge in [0.1, 0.15) is 0 Å². The first-order chi connectivity index (χ1) is 5.70. The molecule has 2 unspecified atom stereocenters. The second kappa shape index (κ2) is 4.77. The number of rotatable bonds is 3. The molecule has 1 rings (SSSR count). The fourth-order valence-electron chi connectivity index (χ4n) is 1.31. The first-order valence-corrected chi connectivity index (χ1v) is 4.49. The summed E-state index contributed by atoms with van der Waals surface area (Å²) in [4.78, 5) is 2.16. The zero-order chi connectivity index (χ0) is 8.97. The van der Waals surface area contributed by atoms with Gasteiger partial charge in [0.15, 0.2) is 0 Å². The van der Waals surface area contributed by atoms with Crippen molar-refractivity contribution in [3.63, 3.8) is 0 Å². The smallest absolute Gasteiger partial charge is 0.0922 e. The third-order valence-corrected chi connectivity index (χ3v) is 2.21. The zero-order valence-corrected chi connectivity index (χ0v) is 7.53. The van der Waals surface area contributed by atoms with E-state index in [1.165, 1.54) is 0 Å². The molecule has 0 aromatic carbocycles. The number of piperazine rings is 1. The van der Waals surface area contributed by atoms with Crippen LogP contribution >= 0.6 is 0 Å². The molecule has 4 nitrogen and oxygen atoms in total. The fraction of sp³-hybridized carbons (Fsp3) is 1.00. The topological polar surface area (TPSA) is 55.7 Å². The molecule has 1 saturated heterocycles. The van der Waals surface area contributed by atoms with Gasteiger partial charge in [-0.2, -0.15) is 0 Å². The summed E-state index contributed by atoms with van der Waals surface area (Å²) >= 11 is 0. The van der Waals surface area contributed by atoms with E-state index in [-0.39, 0.29) is 0 Å². The van der Waals surface area contributed by atoms with Gasteiger partial charge >= 0.3 is 0 Å². The van der Waals surface area contributed by atoms with Gasteiger partial charge in [-0.05, 0) is 6.92 Å². The molecule has 1 fully saturated rings. The predicted octanol–water partition coefficient (Wildman–Crippen LogP) is -1.37. The minimum absolute atomic E-state index is 0.583. The van der Waals surface area contributed by atoms with E-state index in [1.807, 2.05) is 0 Å². The monoisotopic (exact) mass is 174 g/mol. The van der Waals surface area contributed by atoms with Crippen LogP contribution in [-0.2, 0) is 0 Å². The van der Waals surface area contributed by atoms with E-state index in [4.69, 9.17) is 5.11 Å². The van der Waals surface area contributed by atoms with E-state index >= 15 is 0 Å². The Hall–Kier alpha value is -0.160. The van der Waals surface area contributed by atoms with E-state index in [9.17, 15) is 5.11 Å². The standard InChI is InChI=1S/C8H18N2O2/c1-7(11)8(12)6-10-4-2-9-3-5-10/h7-9,11-12H,2-6H2,1H3. The van der Waals surface area contributed by atoms with Crippen molar-refractivity contribution in [1.82, 2.24) is 10.2 Å². The number of nitrogens with zero attached hydrogens (tertiary/aromatic N) is 1. The zero-order valence-electron chi connectivity index (χ0n) is 7.53. The largest absolute Gasteiger partial charge is 0.391 e. The van der Waals surface area contributed by atoms with Crippen molar-refractivity contribution >= 4 is 0 Å². The predicted molar refractivity (Wildman–Crippen MR) is 47.0 cm³/mol. The van der Waals surface area contributed by atoms with E-state index in [1.54, 1.807) is 6.92 Å². The molecule has 1 aliphatic heterocycles. The van der Waals surface area contributed by atoms with Crippen LogP contribution in [0, 0.1) is 0 Å². The molecular formula is C8H18N2O2. The molecule has 3 N–H and O–H groups in total. The number of hydrogen-bond donors (Lipinski definition) is 3. The van der Waals surface area contributed by atoms with Crippen LogP contribution in [0.15, 0.2) is 0 Å². The fourth-order valence-corrected chi connectivity index (χ4v) is 1.31. The number of aliphatic hydroxyl groups excluding tert-OH is 2. The molecule has 72 valence electrons. The highest BCUT2D eigenvalue weighted by Crippen LogP contribution is 1.98. The summed E-state index contributed by atoms with van der Waals surface area (Å²) in [7, 11) is 0. The van der Waals surface area contributed by atoms with Crippen molar-refractivity contribution in [3.8, 4) is 0 Å². The molecule has 0 spiro atoms. The van der Waals surface area contributed by atoms with Crippen LogP contribution in [0.3, 0.4) is 0 Å². The second-order valence-electron chi connectivity index (χ2n) is 3.36. The molecule has 0 amide bonds. The number of hydrogen-bond acceptors (Lipinski definition) is 4. The van der Waals surface area contributed by atoms with Gasteiger partial charge in [0.05, 0.1) is 12.2 Å². The van der Waals surface area contributed by atoms with Crippen molar-refractivity contribution in [2.75, 3.05) is 32.7 Å². The van der Waals surface area contributed by atoms with Gasteiger partial charge in [-0.15, -0.1) is 0 Å². The van der Waals surface area contributed by atoms with Crippen molar-refractivity contribution in [1.29, 1.82) is 0 Å². The van der Waals surface area contributed by atoms with Crippen molar-refractivity contribution in [2.45, 2.75) is 19.1 Å². The van der Waals surface area contributed by atoms with Crippen LogP contribution < -0.4 is 5.32 Å². The van der Waals surface area contributed by atoms with Crippen molar-refractivity contribution in [2.24, 2.45) is 0 Å². The maximum atomic E-state index is 9.37. The SMILES string of the molecule is CC(O)C(O)CN1CCNCC1. The summed E-state index contributed by atoms with van der Waals surface area (Å²) in [6.07, 6.45) is -1.23. The van der Waals surface area contributed by atoms with Crippen LogP contribution in [0.5, 0.6) is 0 Å². The Morgan fingerprint density at radius 2 is 1.92 bits per heavy atom. The summed E-state index contributed by atoms with van der Waals surface area (Å²) in [5.74, 6) is 0. The van der Waals surface area contributed by atoms with Crippen LogP contribution in [0.25, 0.3) is 0 Å². The molecule has 1 aliphatic rings. The van der Waals surface area contributed by atoms with Gasteiger partial charge in [0.25, 0.3) is 0 Å². The molecule has 12 heavy (non-hydrogen) atoms. The number of nitrogens with one attached hydrogen (secondary N) is 1. The Balaban J connectivity index is 2.20. The lowest BCUT2D eigenvalue weighted by atomic mass is 10.2. The first kappa shape index (κ1) is 9.92. The Morgan fingerprint density at radius 3 is 2.42 bits per heavy atom.